The first-order valence-corrected chi connectivity index (χ1v) is 16.6. The highest BCUT2D eigenvalue weighted by Crippen LogP contribution is 2.43. The first kappa shape index (κ1) is 27.6. The van der Waals surface area contributed by atoms with E-state index < -0.39 is 6.17 Å². The molecule has 3 aliphatic rings. The molecule has 1 aromatic heterocycles. The lowest BCUT2D eigenvalue weighted by molar-refractivity contribution is 0.622. The maximum atomic E-state index is 6.38. The zero-order valence-electron chi connectivity index (χ0n) is 26.5. The summed E-state index contributed by atoms with van der Waals surface area (Å²) in [4.78, 5) is 10.3. The van der Waals surface area contributed by atoms with E-state index in [1.54, 1.807) is 0 Å². The number of furan rings is 1. The Balaban J connectivity index is 1.09. The number of allylic oxidation sites excluding steroid dienone is 2. The van der Waals surface area contributed by atoms with Crippen molar-refractivity contribution in [2.45, 2.75) is 12.2 Å². The minimum atomic E-state index is -0.404. The smallest absolute Gasteiger partial charge is 0.202 e. The molecule has 49 heavy (non-hydrogen) atoms. The van der Waals surface area contributed by atoms with E-state index in [4.69, 9.17) is 14.4 Å². The van der Waals surface area contributed by atoms with E-state index >= 15 is 0 Å². The van der Waals surface area contributed by atoms with Crippen molar-refractivity contribution in [3.05, 3.63) is 180 Å². The third-order valence-corrected chi connectivity index (χ3v) is 9.71. The SMILES string of the molecule is C1=CC2=Cc3c(oc4cccc(-c5cccc6cc(C7N=C(c8ccccc8)NC(c8ccc9ccccc9c8)=N7)ccc56)c34)NC2C=C1. The van der Waals surface area contributed by atoms with Gasteiger partial charge >= 0.3 is 0 Å². The molecule has 0 amide bonds. The zero-order chi connectivity index (χ0) is 32.3. The molecule has 10 rings (SSSR count). The van der Waals surface area contributed by atoms with Gasteiger partial charge in [-0.1, -0.05) is 133 Å². The van der Waals surface area contributed by atoms with Gasteiger partial charge in [-0.15, -0.1) is 0 Å². The quantitative estimate of drug-likeness (QED) is 0.203. The van der Waals surface area contributed by atoms with Crippen LogP contribution in [0.1, 0.15) is 28.4 Å². The molecule has 6 aromatic carbocycles. The van der Waals surface area contributed by atoms with Crippen LogP contribution in [0.4, 0.5) is 5.88 Å². The van der Waals surface area contributed by atoms with E-state index in [0.717, 1.165) is 67.3 Å². The second-order valence-electron chi connectivity index (χ2n) is 12.7. The van der Waals surface area contributed by atoms with Crippen LogP contribution in [0.2, 0.25) is 0 Å². The van der Waals surface area contributed by atoms with Crippen LogP contribution in [0.15, 0.2) is 172 Å². The number of hydrogen-bond donors (Lipinski definition) is 2. The number of aliphatic imine (C=N–C) groups is 2. The molecular weight excluding hydrogens is 601 g/mol. The maximum absolute atomic E-state index is 6.38. The summed E-state index contributed by atoms with van der Waals surface area (Å²) < 4.78 is 6.38. The second-order valence-corrected chi connectivity index (χ2v) is 12.7. The van der Waals surface area contributed by atoms with Crippen molar-refractivity contribution in [3.8, 4) is 11.1 Å². The number of hydrogen-bond acceptors (Lipinski definition) is 5. The second kappa shape index (κ2) is 11.1. The molecule has 2 aliphatic heterocycles. The van der Waals surface area contributed by atoms with Gasteiger partial charge in [-0.25, -0.2) is 9.98 Å². The molecule has 1 aliphatic carbocycles. The number of fused-ring (bicyclic) bond motifs is 6. The highest BCUT2D eigenvalue weighted by atomic mass is 16.4. The van der Waals surface area contributed by atoms with Crippen molar-refractivity contribution in [2.24, 2.45) is 9.98 Å². The van der Waals surface area contributed by atoms with Crippen molar-refractivity contribution in [3.63, 3.8) is 0 Å². The summed E-state index contributed by atoms with van der Waals surface area (Å²) in [7, 11) is 0. The Morgan fingerprint density at radius 2 is 1.41 bits per heavy atom. The number of nitrogens with one attached hydrogen (secondary N) is 2. The van der Waals surface area contributed by atoms with Crippen molar-refractivity contribution in [2.75, 3.05) is 5.32 Å². The van der Waals surface area contributed by atoms with Gasteiger partial charge in [0.25, 0.3) is 0 Å². The van der Waals surface area contributed by atoms with Crippen molar-refractivity contribution in [1.29, 1.82) is 0 Å². The summed E-state index contributed by atoms with van der Waals surface area (Å²) in [5.41, 5.74) is 8.61. The van der Waals surface area contributed by atoms with Crippen LogP contribution >= 0.6 is 0 Å². The molecule has 0 fully saturated rings. The van der Waals surface area contributed by atoms with Gasteiger partial charge in [-0.3, -0.25) is 0 Å². The van der Waals surface area contributed by atoms with Gasteiger partial charge in [0, 0.05) is 22.1 Å². The van der Waals surface area contributed by atoms with E-state index in [9.17, 15) is 0 Å². The fourth-order valence-electron chi connectivity index (χ4n) is 7.30. The van der Waals surface area contributed by atoms with E-state index in [1.165, 1.54) is 21.7 Å². The van der Waals surface area contributed by atoms with Gasteiger partial charge < -0.3 is 15.1 Å². The Hall–Kier alpha value is -6.46. The van der Waals surface area contributed by atoms with Crippen molar-refractivity contribution in [1.82, 2.24) is 5.32 Å². The molecule has 0 bridgehead atoms. The highest BCUT2D eigenvalue weighted by Gasteiger charge is 2.26. The molecule has 0 spiro atoms. The minimum Gasteiger partial charge on any atom is -0.440 e. The summed E-state index contributed by atoms with van der Waals surface area (Å²) >= 11 is 0. The van der Waals surface area contributed by atoms with Crippen LogP contribution < -0.4 is 10.6 Å². The largest absolute Gasteiger partial charge is 0.440 e. The monoisotopic (exact) mass is 630 g/mol. The summed E-state index contributed by atoms with van der Waals surface area (Å²) in [6.07, 6.45) is 10.4. The number of benzene rings is 6. The predicted octanol–water partition coefficient (Wildman–Crippen LogP) is 10.2. The molecule has 2 atom stereocenters. The highest BCUT2D eigenvalue weighted by molar-refractivity contribution is 6.16. The normalized spacial score (nSPS) is 17.9. The Morgan fingerprint density at radius 3 is 2.33 bits per heavy atom. The predicted molar refractivity (Wildman–Crippen MR) is 202 cm³/mol. The topological polar surface area (TPSA) is 61.9 Å². The fraction of sp³-hybridized carbons (Fsp3) is 0.0455. The summed E-state index contributed by atoms with van der Waals surface area (Å²) in [6.45, 7) is 0. The number of anilines is 1. The summed E-state index contributed by atoms with van der Waals surface area (Å²) in [5, 5.41) is 12.9. The van der Waals surface area contributed by atoms with Gasteiger partial charge in [0.1, 0.15) is 17.3 Å². The third kappa shape index (κ3) is 4.70. The van der Waals surface area contributed by atoms with Gasteiger partial charge in [0.05, 0.1) is 6.04 Å². The first-order chi connectivity index (χ1) is 24.2. The number of amidine groups is 2. The van der Waals surface area contributed by atoms with Gasteiger partial charge in [0.15, 0.2) is 6.17 Å². The molecule has 7 aromatic rings. The maximum Gasteiger partial charge on any atom is 0.202 e. The van der Waals surface area contributed by atoms with E-state index in [1.807, 2.05) is 18.2 Å². The average molecular weight is 631 g/mol. The van der Waals surface area contributed by atoms with Crippen molar-refractivity contribution >= 4 is 56.1 Å². The molecule has 5 heteroatoms. The number of nitrogens with zero attached hydrogens (tertiary/aromatic N) is 2. The average Bonchev–Trinajstić information content (AvgIpc) is 3.54. The Kier molecular flexibility index (Phi) is 6.24. The van der Waals surface area contributed by atoms with Gasteiger partial charge in [-0.05, 0) is 68.1 Å². The van der Waals surface area contributed by atoms with E-state index in [0.29, 0.717) is 0 Å². The standard InChI is InChI=1S/C44H30N4O/c1-2-11-28(12-3-1)41-46-42(32-21-20-27-10-4-5-13-29(27)24-32)48-43(47-41)33-22-23-34-30(25-33)15-8-16-35(34)36-17-9-19-39-40(36)37-26-31-14-6-7-18-38(31)45-44(37)49-39/h1-26,38,43,45H,(H,46,47,48). The molecule has 0 saturated heterocycles. The van der Waals surface area contributed by atoms with Gasteiger partial charge in [0.2, 0.25) is 5.88 Å². The van der Waals surface area contributed by atoms with Crippen LogP contribution in [0.3, 0.4) is 0 Å². The van der Waals surface area contributed by atoms with Crippen molar-refractivity contribution < 1.29 is 4.42 Å². The molecule has 3 heterocycles. The van der Waals surface area contributed by atoms with E-state index in [2.05, 4.69) is 150 Å². The minimum absolute atomic E-state index is 0.127. The molecule has 0 saturated carbocycles. The zero-order valence-corrected chi connectivity index (χ0v) is 26.5. The lowest BCUT2D eigenvalue weighted by Crippen LogP contribution is -2.36. The van der Waals surface area contributed by atoms with Crippen LogP contribution in [-0.4, -0.2) is 17.7 Å². The lowest BCUT2D eigenvalue weighted by Gasteiger charge is -2.23. The molecule has 2 unspecified atom stereocenters. The fourth-order valence-corrected chi connectivity index (χ4v) is 7.30. The van der Waals surface area contributed by atoms with Gasteiger partial charge in [-0.2, -0.15) is 0 Å². The van der Waals surface area contributed by atoms with Crippen LogP contribution in [0.5, 0.6) is 0 Å². The summed E-state index contributed by atoms with van der Waals surface area (Å²) in [6, 6.07) is 44.8. The summed E-state index contributed by atoms with van der Waals surface area (Å²) in [5.74, 6) is 2.43. The van der Waals surface area contributed by atoms with Crippen LogP contribution in [0, 0.1) is 0 Å². The molecule has 232 valence electrons. The number of rotatable bonds is 4. The Morgan fingerprint density at radius 1 is 0.612 bits per heavy atom. The third-order valence-electron chi connectivity index (χ3n) is 9.71. The first-order valence-electron chi connectivity index (χ1n) is 16.6. The van der Waals surface area contributed by atoms with Crippen LogP contribution in [-0.2, 0) is 0 Å². The van der Waals surface area contributed by atoms with Crippen LogP contribution in [0.25, 0.3) is 49.7 Å². The molecule has 2 N–H and O–H groups in total. The Bertz CT molecular complexity index is 2620. The van der Waals surface area contributed by atoms with E-state index in [-0.39, 0.29) is 6.04 Å². The Labute approximate surface area is 283 Å². The molecule has 0 radical (unpaired) electrons. The lowest BCUT2D eigenvalue weighted by atomic mass is 9.91. The molecule has 5 nitrogen and oxygen atoms in total. The molecular formula is C44H30N4O.